The Hall–Kier alpha value is -2.67. The SMILES string of the molecule is CCCCOC(=O)C(CC(=O)c1cnc(N2CCCCC2)s1)Cc1c[nH]c2ccccc12. The fourth-order valence-corrected chi connectivity index (χ4v) is 5.11. The van der Waals surface area contributed by atoms with Gasteiger partial charge in [-0.2, -0.15) is 0 Å². The van der Waals surface area contributed by atoms with Gasteiger partial charge in [0.05, 0.1) is 23.6 Å². The zero-order valence-electron chi connectivity index (χ0n) is 18.6. The van der Waals surface area contributed by atoms with E-state index in [1.54, 1.807) is 6.20 Å². The fourth-order valence-electron chi connectivity index (χ4n) is 4.19. The Labute approximate surface area is 193 Å². The van der Waals surface area contributed by atoms with Gasteiger partial charge in [-0.05, 0) is 43.7 Å². The lowest BCUT2D eigenvalue weighted by atomic mass is 9.93. The summed E-state index contributed by atoms with van der Waals surface area (Å²) in [5.41, 5.74) is 2.06. The Bertz CT molecular complexity index is 1050. The Morgan fingerprint density at radius 1 is 1.22 bits per heavy atom. The molecule has 0 amide bonds. The highest BCUT2D eigenvalue weighted by atomic mass is 32.1. The van der Waals surface area contributed by atoms with Crippen LogP contribution in [-0.2, 0) is 16.0 Å². The predicted octanol–water partition coefficient (Wildman–Crippen LogP) is 5.39. The van der Waals surface area contributed by atoms with Crippen molar-refractivity contribution in [1.82, 2.24) is 9.97 Å². The second kappa shape index (κ2) is 10.8. The number of anilines is 1. The molecule has 1 saturated heterocycles. The number of H-pyrrole nitrogens is 1. The van der Waals surface area contributed by atoms with Gasteiger partial charge in [0.15, 0.2) is 10.9 Å². The number of ketones is 1. The molecular formula is C25H31N3O3S. The maximum atomic E-state index is 13.1. The number of fused-ring (bicyclic) bond motifs is 1. The molecule has 1 atom stereocenters. The summed E-state index contributed by atoms with van der Waals surface area (Å²) in [6, 6.07) is 8.01. The molecule has 1 aliphatic heterocycles. The molecule has 2 aromatic heterocycles. The van der Waals surface area contributed by atoms with Crippen molar-refractivity contribution >= 4 is 39.1 Å². The highest BCUT2D eigenvalue weighted by Crippen LogP contribution is 2.29. The number of nitrogens with zero attached hydrogens (tertiary/aromatic N) is 2. The Morgan fingerprint density at radius 3 is 2.84 bits per heavy atom. The smallest absolute Gasteiger partial charge is 0.309 e. The molecule has 0 saturated carbocycles. The number of hydrogen-bond acceptors (Lipinski definition) is 6. The van der Waals surface area contributed by atoms with Crippen LogP contribution in [-0.4, -0.2) is 41.4 Å². The van der Waals surface area contributed by atoms with E-state index in [-0.39, 0.29) is 18.2 Å². The number of nitrogens with one attached hydrogen (secondary N) is 1. The van der Waals surface area contributed by atoms with E-state index in [1.165, 1.54) is 30.6 Å². The van der Waals surface area contributed by atoms with E-state index < -0.39 is 5.92 Å². The number of unbranched alkanes of at least 4 members (excludes halogenated alkanes) is 1. The summed E-state index contributed by atoms with van der Waals surface area (Å²) in [4.78, 5) is 36.6. The van der Waals surface area contributed by atoms with Crippen molar-refractivity contribution in [3.63, 3.8) is 0 Å². The van der Waals surface area contributed by atoms with Gasteiger partial charge in [0.25, 0.3) is 0 Å². The summed E-state index contributed by atoms with van der Waals surface area (Å²) in [5, 5.41) is 1.99. The van der Waals surface area contributed by atoms with Crippen LogP contribution in [0.25, 0.3) is 10.9 Å². The van der Waals surface area contributed by atoms with Crippen LogP contribution < -0.4 is 4.90 Å². The number of para-hydroxylation sites is 1. The van der Waals surface area contributed by atoms with Crippen LogP contribution in [0.1, 0.15) is 60.7 Å². The van der Waals surface area contributed by atoms with E-state index in [0.717, 1.165) is 47.5 Å². The van der Waals surface area contributed by atoms with Crippen molar-refractivity contribution in [2.24, 2.45) is 5.92 Å². The molecule has 170 valence electrons. The van der Waals surface area contributed by atoms with Crippen molar-refractivity contribution in [3.8, 4) is 0 Å². The molecule has 1 aliphatic rings. The van der Waals surface area contributed by atoms with Gasteiger partial charge in [-0.15, -0.1) is 0 Å². The van der Waals surface area contributed by atoms with Crippen molar-refractivity contribution in [2.45, 2.75) is 51.9 Å². The van der Waals surface area contributed by atoms with Gasteiger partial charge < -0.3 is 14.6 Å². The van der Waals surface area contributed by atoms with Gasteiger partial charge in [0.1, 0.15) is 0 Å². The minimum absolute atomic E-state index is 0.0388. The van der Waals surface area contributed by atoms with Crippen molar-refractivity contribution in [3.05, 3.63) is 47.1 Å². The average Bonchev–Trinajstić information content (AvgIpc) is 3.47. The Morgan fingerprint density at radius 2 is 2.03 bits per heavy atom. The quantitative estimate of drug-likeness (QED) is 0.253. The second-order valence-corrected chi connectivity index (χ2v) is 9.47. The molecule has 1 unspecified atom stereocenters. The van der Waals surface area contributed by atoms with Gasteiger partial charge in [-0.1, -0.05) is 42.9 Å². The molecule has 0 radical (unpaired) electrons. The van der Waals surface area contributed by atoms with Crippen LogP contribution in [0.3, 0.4) is 0 Å². The zero-order chi connectivity index (χ0) is 22.3. The van der Waals surface area contributed by atoms with E-state index in [9.17, 15) is 9.59 Å². The van der Waals surface area contributed by atoms with E-state index in [2.05, 4.69) is 21.8 Å². The first-order chi connectivity index (χ1) is 15.7. The number of esters is 1. The molecule has 0 aliphatic carbocycles. The topological polar surface area (TPSA) is 75.3 Å². The van der Waals surface area contributed by atoms with Crippen LogP contribution in [0.4, 0.5) is 5.13 Å². The average molecular weight is 454 g/mol. The predicted molar refractivity (Wildman–Crippen MR) is 128 cm³/mol. The molecule has 4 rings (SSSR count). The minimum Gasteiger partial charge on any atom is -0.465 e. The number of carbonyl (C=O) groups excluding carboxylic acids is 2. The normalized spacial score (nSPS) is 15.1. The number of benzene rings is 1. The van der Waals surface area contributed by atoms with Crippen LogP contribution in [0.15, 0.2) is 36.7 Å². The molecule has 32 heavy (non-hydrogen) atoms. The van der Waals surface area contributed by atoms with Gasteiger partial charge in [0.2, 0.25) is 0 Å². The molecule has 7 heteroatoms. The standard InChI is InChI=1S/C25H31N3O3S/c1-2-3-13-31-24(30)18(14-19-16-26-21-10-6-5-9-20(19)21)15-22(29)23-17-27-25(32-23)28-11-7-4-8-12-28/h5-6,9-10,16-18,26H,2-4,7-8,11-15H2,1H3. The number of hydrogen-bond donors (Lipinski definition) is 1. The summed E-state index contributed by atoms with van der Waals surface area (Å²) < 4.78 is 5.52. The number of thiazole rings is 1. The van der Waals surface area contributed by atoms with Crippen molar-refractivity contribution in [1.29, 1.82) is 0 Å². The number of piperidine rings is 1. The summed E-state index contributed by atoms with van der Waals surface area (Å²) in [6.07, 6.45) is 9.57. The van der Waals surface area contributed by atoms with Crippen LogP contribution in [0.2, 0.25) is 0 Å². The lowest BCUT2D eigenvalue weighted by Crippen LogP contribution is -2.29. The van der Waals surface area contributed by atoms with Crippen LogP contribution in [0, 0.1) is 5.92 Å². The highest BCUT2D eigenvalue weighted by Gasteiger charge is 2.27. The van der Waals surface area contributed by atoms with Crippen LogP contribution in [0.5, 0.6) is 0 Å². The third-order valence-corrected chi connectivity index (χ3v) is 7.14. The third-order valence-electron chi connectivity index (χ3n) is 6.04. The highest BCUT2D eigenvalue weighted by molar-refractivity contribution is 7.17. The maximum absolute atomic E-state index is 13.1. The first-order valence-electron chi connectivity index (χ1n) is 11.6. The zero-order valence-corrected chi connectivity index (χ0v) is 19.5. The van der Waals surface area contributed by atoms with Crippen molar-refractivity contribution in [2.75, 3.05) is 24.6 Å². The summed E-state index contributed by atoms with van der Waals surface area (Å²) >= 11 is 1.44. The number of ether oxygens (including phenoxy) is 1. The van der Waals surface area contributed by atoms with Gasteiger partial charge in [-0.25, -0.2) is 4.98 Å². The molecule has 3 heterocycles. The number of carbonyl (C=O) groups is 2. The van der Waals surface area contributed by atoms with E-state index in [4.69, 9.17) is 4.74 Å². The first-order valence-corrected chi connectivity index (χ1v) is 12.4. The molecular weight excluding hydrogens is 422 g/mol. The summed E-state index contributed by atoms with van der Waals surface area (Å²) in [7, 11) is 0. The van der Waals surface area contributed by atoms with E-state index in [1.807, 2.05) is 30.5 Å². The van der Waals surface area contributed by atoms with E-state index >= 15 is 0 Å². The number of rotatable bonds is 10. The third kappa shape index (κ3) is 5.38. The maximum Gasteiger partial charge on any atom is 0.309 e. The summed E-state index contributed by atoms with van der Waals surface area (Å²) in [5.74, 6) is -0.847. The number of aromatic nitrogens is 2. The minimum atomic E-state index is -0.515. The molecule has 6 nitrogen and oxygen atoms in total. The fraction of sp³-hybridized carbons (Fsp3) is 0.480. The number of aromatic amines is 1. The Kier molecular flexibility index (Phi) is 7.58. The summed E-state index contributed by atoms with van der Waals surface area (Å²) in [6.45, 7) is 4.44. The van der Waals surface area contributed by atoms with Crippen molar-refractivity contribution < 1.29 is 14.3 Å². The Balaban J connectivity index is 1.48. The molecule has 1 N–H and O–H groups in total. The van der Waals surface area contributed by atoms with Gasteiger partial charge in [-0.3, -0.25) is 9.59 Å². The largest absolute Gasteiger partial charge is 0.465 e. The molecule has 0 spiro atoms. The van der Waals surface area contributed by atoms with E-state index in [0.29, 0.717) is 17.9 Å². The lowest BCUT2D eigenvalue weighted by Gasteiger charge is -2.25. The van der Waals surface area contributed by atoms with Gasteiger partial charge in [0, 0.05) is 36.6 Å². The lowest BCUT2D eigenvalue weighted by molar-refractivity contribution is -0.148. The molecule has 1 aromatic carbocycles. The first kappa shape index (κ1) is 22.5. The molecule has 0 bridgehead atoms. The monoisotopic (exact) mass is 453 g/mol. The number of Topliss-reactive ketones (excluding diaryl/α,β-unsaturated/α-hetero) is 1. The van der Waals surface area contributed by atoms with Crippen LogP contribution >= 0.6 is 11.3 Å². The van der Waals surface area contributed by atoms with Gasteiger partial charge >= 0.3 is 5.97 Å². The second-order valence-electron chi connectivity index (χ2n) is 8.46. The molecule has 3 aromatic rings. The molecule has 1 fully saturated rings.